The van der Waals surface area contributed by atoms with Gasteiger partial charge in [0, 0.05) is 14.1 Å². The molecule has 144 valence electrons. The molecule has 1 N–H and O–H groups in total. The van der Waals surface area contributed by atoms with E-state index in [9.17, 15) is 18.0 Å². The number of carbonyl (C=O) groups is 1. The fourth-order valence-corrected chi connectivity index (χ4v) is 5.16. The van der Waals surface area contributed by atoms with Crippen LogP contribution in [0.25, 0.3) is 11.0 Å². The third-order valence-electron chi connectivity index (χ3n) is 4.47. The first-order valence-corrected chi connectivity index (χ1v) is 11.1. The lowest BCUT2D eigenvalue weighted by atomic mass is 10.2. The Morgan fingerprint density at radius 3 is 2.44 bits per heavy atom. The van der Waals surface area contributed by atoms with Crippen molar-refractivity contribution in [3.05, 3.63) is 45.0 Å². The van der Waals surface area contributed by atoms with Crippen molar-refractivity contribution in [2.75, 3.05) is 11.1 Å². The lowest BCUT2D eigenvalue weighted by Crippen LogP contribution is -2.19. The maximum atomic E-state index is 12.9. The summed E-state index contributed by atoms with van der Waals surface area (Å²) in [5.74, 6) is -0.394. The van der Waals surface area contributed by atoms with Gasteiger partial charge in [-0.1, -0.05) is 19.4 Å². The van der Waals surface area contributed by atoms with Gasteiger partial charge in [-0.2, -0.15) is 0 Å². The number of benzene rings is 1. The fraction of sp³-hybridized carbons (Fsp3) is 0.333. The maximum absolute atomic E-state index is 12.9. The van der Waals surface area contributed by atoms with Crippen molar-refractivity contribution in [2.45, 2.75) is 24.7 Å². The van der Waals surface area contributed by atoms with Gasteiger partial charge in [0.05, 0.1) is 32.2 Å². The summed E-state index contributed by atoms with van der Waals surface area (Å²) in [6, 6.07) is 6.46. The van der Waals surface area contributed by atoms with Gasteiger partial charge in [-0.3, -0.25) is 13.9 Å². The normalized spacial score (nSPS) is 11.8. The molecule has 0 saturated heterocycles. The van der Waals surface area contributed by atoms with E-state index in [4.69, 9.17) is 0 Å². The average molecular weight is 408 g/mol. The van der Waals surface area contributed by atoms with E-state index < -0.39 is 9.84 Å². The number of fused-ring (bicyclic) bond motifs is 1. The van der Waals surface area contributed by atoms with Gasteiger partial charge < -0.3 is 5.32 Å². The molecular formula is C18H21N3O4S2. The average Bonchev–Trinajstić information content (AvgIpc) is 3.24. The molecule has 0 unspecified atom stereocenters. The number of hydrogen-bond donors (Lipinski definition) is 1. The monoisotopic (exact) mass is 407 g/mol. The summed E-state index contributed by atoms with van der Waals surface area (Å²) in [4.78, 5) is 25.2. The summed E-state index contributed by atoms with van der Waals surface area (Å²) in [5.41, 5.74) is 0.993. The minimum atomic E-state index is -3.62. The van der Waals surface area contributed by atoms with Gasteiger partial charge in [0.1, 0.15) is 0 Å². The Balaban J connectivity index is 2.19. The van der Waals surface area contributed by atoms with Crippen molar-refractivity contribution in [2.24, 2.45) is 14.1 Å². The summed E-state index contributed by atoms with van der Waals surface area (Å²) < 4.78 is 28.6. The Kier molecular flexibility index (Phi) is 5.25. The van der Waals surface area contributed by atoms with Crippen LogP contribution in [-0.4, -0.2) is 29.2 Å². The number of hydrogen-bond acceptors (Lipinski definition) is 5. The van der Waals surface area contributed by atoms with E-state index in [0.717, 1.165) is 6.42 Å². The van der Waals surface area contributed by atoms with Crippen molar-refractivity contribution in [1.82, 2.24) is 9.13 Å². The minimum absolute atomic E-state index is 0.0162. The smallest absolute Gasteiger partial charge is 0.320 e. The molecule has 0 spiro atoms. The van der Waals surface area contributed by atoms with E-state index in [1.807, 2.05) is 6.92 Å². The second kappa shape index (κ2) is 7.32. The number of aromatic nitrogens is 2. The Morgan fingerprint density at radius 1 is 1.19 bits per heavy atom. The number of thiophene rings is 1. The Morgan fingerprint density at radius 2 is 1.85 bits per heavy atom. The van der Waals surface area contributed by atoms with E-state index in [1.165, 1.54) is 26.5 Å². The Hall–Kier alpha value is -2.39. The van der Waals surface area contributed by atoms with Gasteiger partial charge in [0.15, 0.2) is 9.84 Å². The number of nitrogens with zero attached hydrogens (tertiary/aromatic N) is 2. The molecule has 0 aliphatic rings. The van der Waals surface area contributed by atoms with Crippen molar-refractivity contribution < 1.29 is 13.2 Å². The predicted molar refractivity (Wildman–Crippen MR) is 107 cm³/mol. The number of nitrogens with one attached hydrogen (secondary N) is 1. The molecule has 3 rings (SSSR count). The lowest BCUT2D eigenvalue weighted by Gasteiger charge is -2.12. The molecule has 0 bridgehead atoms. The Labute approximate surface area is 161 Å². The summed E-state index contributed by atoms with van der Waals surface area (Å²) in [7, 11) is -0.409. The van der Waals surface area contributed by atoms with Gasteiger partial charge in [-0.25, -0.2) is 13.2 Å². The van der Waals surface area contributed by atoms with Crippen LogP contribution in [0.1, 0.15) is 29.4 Å². The van der Waals surface area contributed by atoms with Crippen molar-refractivity contribution >= 4 is 43.8 Å². The van der Waals surface area contributed by atoms with Crippen molar-refractivity contribution in [3.8, 4) is 0 Å². The second-order valence-electron chi connectivity index (χ2n) is 6.34. The molecule has 0 aliphatic heterocycles. The number of anilines is 1. The van der Waals surface area contributed by atoms with Crippen molar-refractivity contribution in [3.63, 3.8) is 0 Å². The molecule has 0 aliphatic carbocycles. The molecule has 1 aromatic carbocycles. The molecule has 0 radical (unpaired) electrons. The second-order valence-corrected chi connectivity index (χ2v) is 9.37. The first-order valence-electron chi connectivity index (χ1n) is 8.53. The highest BCUT2D eigenvalue weighted by atomic mass is 32.2. The third kappa shape index (κ3) is 3.57. The zero-order chi connectivity index (χ0) is 19.8. The van der Waals surface area contributed by atoms with Crippen LogP contribution >= 0.6 is 11.3 Å². The molecule has 27 heavy (non-hydrogen) atoms. The topological polar surface area (TPSA) is 90.2 Å². The summed E-state index contributed by atoms with van der Waals surface area (Å²) in [6.45, 7) is 1.92. The predicted octanol–water partition coefficient (Wildman–Crippen LogP) is 2.76. The summed E-state index contributed by atoms with van der Waals surface area (Å²) in [5, 5.41) is 4.49. The van der Waals surface area contributed by atoms with E-state index in [-0.39, 0.29) is 27.9 Å². The van der Waals surface area contributed by atoms with Crippen LogP contribution in [0.4, 0.5) is 5.69 Å². The van der Waals surface area contributed by atoms with Crippen LogP contribution in [0, 0.1) is 0 Å². The van der Waals surface area contributed by atoms with Crippen LogP contribution in [0.3, 0.4) is 0 Å². The molecular weight excluding hydrogens is 386 g/mol. The maximum Gasteiger partial charge on any atom is 0.328 e. The molecule has 2 aromatic heterocycles. The van der Waals surface area contributed by atoms with Crippen LogP contribution in [-0.2, 0) is 23.9 Å². The highest BCUT2D eigenvalue weighted by Crippen LogP contribution is 2.29. The molecule has 0 saturated carbocycles. The van der Waals surface area contributed by atoms with E-state index in [0.29, 0.717) is 22.3 Å². The molecule has 0 atom stereocenters. The fourth-order valence-electron chi connectivity index (χ4n) is 2.92. The highest BCUT2D eigenvalue weighted by Gasteiger charge is 2.23. The molecule has 2 heterocycles. The van der Waals surface area contributed by atoms with Gasteiger partial charge in [0.25, 0.3) is 5.91 Å². The van der Waals surface area contributed by atoms with Gasteiger partial charge in [-0.15, -0.1) is 11.3 Å². The number of aryl methyl sites for hydroxylation is 2. The van der Waals surface area contributed by atoms with Crippen LogP contribution < -0.4 is 11.0 Å². The lowest BCUT2D eigenvalue weighted by molar-refractivity contribution is 0.103. The van der Waals surface area contributed by atoms with Gasteiger partial charge >= 0.3 is 5.69 Å². The molecule has 3 aromatic rings. The molecule has 0 fully saturated rings. The quantitative estimate of drug-likeness (QED) is 0.680. The molecule has 1 amide bonds. The highest BCUT2D eigenvalue weighted by molar-refractivity contribution is 7.91. The first kappa shape index (κ1) is 19.4. The minimum Gasteiger partial charge on any atom is -0.320 e. The zero-order valence-corrected chi connectivity index (χ0v) is 17.0. The number of imidazole rings is 1. The SMILES string of the molecule is CCCCS(=O)(=O)c1cc2c(cc1NC(=O)c1cccs1)n(C)c(=O)n2C. The largest absolute Gasteiger partial charge is 0.328 e. The van der Waals surface area contributed by atoms with E-state index >= 15 is 0 Å². The van der Waals surface area contributed by atoms with Crippen LogP contribution in [0.5, 0.6) is 0 Å². The standard InChI is InChI=1S/C18H21N3O4S2/c1-4-5-9-27(24,25)16-11-14-13(20(2)18(23)21(14)3)10-12(16)19-17(22)15-7-6-8-26-15/h6-8,10-11H,4-5,9H2,1-3H3,(H,19,22). The molecule has 9 heteroatoms. The first-order chi connectivity index (χ1) is 12.8. The Bertz CT molecular complexity index is 1160. The summed E-state index contributed by atoms with van der Waals surface area (Å²) in [6.07, 6.45) is 1.26. The van der Waals surface area contributed by atoms with E-state index in [1.54, 1.807) is 37.7 Å². The number of carbonyl (C=O) groups excluding carboxylic acids is 1. The number of sulfone groups is 1. The van der Waals surface area contributed by atoms with E-state index in [2.05, 4.69) is 5.32 Å². The van der Waals surface area contributed by atoms with Gasteiger partial charge in [-0.05, 0) is 30.0 Å². The van der Waals surface area contributed by atoms with Crippen molar-refractivity contribution in [1.29, 1.82) is 0 Å². The zero-order valence-electron chi connectivity index (χ0n) is 15.4. The van der Waals surface area contributed by atoms with Crippen LogP contribution in [0.15, 0.2) is 39.3 Å². The number of amides is 1. The third-order valence-corrected chi connectivity index (χ3v) is 7.17. The molecule has 7 nitrogen and oxygen atoms in total. The summed E-state index contributed by atoms with van der Waals surface area (Å²) >= 11 is 1.27. The van der Waals surface area contributed by atoms with Crippen LogP contribution in [0.2, 0.25) is 0 Å². The van der Waals surface area contributed by atoms with Gasteiger partial charge in [0.2, 0.25) is 0 Å². The number of unbranched alkanes of at least 4 members (excludes halogenated alkanes) is 1. The number of rotatable bonds is 6.